The Bertz CT molecular complexity index is 246. The molecule has 4 N–H and O–H groups in total. The van der Waals surface area contributed by atoms with Crippen LogP contribution in [0.4, 0.5) is 0 Å². The number of hydrogen-bond donors (Lipinski definition) is 3. The van der Waals surface area contributed by atoms with Gasteiger partial charge in [-0.05, 0) is 31.8 Å². The Hall–Kier alpha value is -0.160. The number of nitrogens with one attached hydrogen (secondary N) is 1. The molecule has 0 spiro atoms. The summed E-state index contributed by atoms with van der Waals surface area (Å²) in [5, 5.41) is 13.9. The molecule has 0 radical (unpaired) electrons. The van der Waals surface area contributed by atoms with Crippen molar-refractivity contribution in [1.29, 1.82) is 0 Å². The van der Waals surface area contributed by atoms with Gasteiger partial charge in [0.05, 0.1) is 5.54 Å². The fourth-order valence-corrected chi connectivity index (χ4v) is 3.30. The largest absolute Gasteiger partial charge is 0.386 e. The summed E-state index contributed by atoms with van der Waals surface area (Å²) >= 11 is 0. The van der Waals surface area contributed by atoms with Crippen LogP contribution in [0.25, 0.3) is 0 Å². The third-order valence-electron chi connectivity index (χ3n) is 4.47. The normalized spacial score (nSPS) is 50.1. The first kappa shape index (κ1) is 9.09. The molecule has 4 aliphatic heterocycles. The summed E-state index contributed by atoms with van der Waals surface area (Å²) in [6, 6.07) is 0. The number of aliphatic hydroxyl groups is 1. The quantitative estimate of drug-likeness (QED) is 0.491. The molecule has 4 fully saturated rings. The van der Waals surface area contributed by atoms with Crippen molar-refractivity contribution >= 4 is 0 Å². The predicted molar refractivity (Wildman–Crippen MR) is 53.9 cm³/mol. The Kier molecular flexibility index (Phi) is 1.75. The fourth-order valence-electron chi connectivity index (χ4n) is 3.30. The lowest BCUT2D eigenvalue weighted by Gasteiger charge is -2.60. The molecule has 4 heteroatoms. The highest BCUT2D eigenvalue weighted by Gasteiger charge is 2.59. The lowest BCUT2D eigenvalue weighted by atomic mass is 9.63. The average molecular weight is 197 g/mol. The summed E-state index contributed by atoms with van der Waals surface area (Å²) in [7, 11) is 0. The van der Waals surface area contributed by atoms with Gasteiger partial charge >= 0.3 is 0 Å². The summed E-state index contributed by atoms with van der Waals surface area (Å²) in [5.74, 6) is 0.430. The van der Waals surface area contributed by atoms with Crippen LogP contribution in [0, 0.1) is 5.92 Å². The summed E-state index contributed by atoms with van der Waals surface area (Å²) in [6.45, 7) is 4.63. The van der Waals surface area contributed by atoms with Crippen molar-refractivity contribution in [1.82, 2.24) is 10.2 Å². The van der Waals surface area contributed by atoms with Gasteiger partial charge in [-0.25, -0.2) is 0 Å². The maximum atomic E-state index is 10.7. The highest BCUT2D eigenvalue weighted by molar-refractivity contribution is 5.18. The SMILES string of the molecule is NC1(C2(O)CN3CCC2CC3)CNC1. The molecule has 0 aliphatic carbocycles. The molecule has 4 saturated heterocycles. The van der Waals surface area contributed by atoms with Gasteiger partial charge < -0.3 is 21.1 Å². The van der Waals surface area contributed by atoms with E-state index in [1.807, 2.05) is 0 Å². The van der Waals surface area contributed by atoms with E-state index < -0.39 is 5.60 Å². The molecule has 14 heavy (non-hydrogen) atoms. The number of hydrogen-bond acceptors (Lipinski definition) is 4. The summed E-state index contributed by atoms with van der Waals surface area (Å²) in [5.41, 5.74) is 5.26. The molecule has 0 aromatic carbocycles. The Morgan fingerprint density at radius 1 is 1.29 bits per heavy atom. The lowest BCUT2D eigenvalue weighted by Crippen LogP contribution is -2.83. The molecule has 2 bridgehead atoms. The van der Waals surface area contributed by atoms with E-state index in [9.17, 15) is 5.11 Å². The van der Waals surface area contributed by atoms with Crippen LogP contribution in [-0.4, -0.2) is 53.9 Å². The molecular weight excluding hydrogens is 178 g/mol. The smallest absolute Gasteiger partial charge is 0.101 e. The molecule has 4 rings (SSSR count). The molecular formula is C10H19N3O. The Morgan fingerprint density at radius 2 is 1.93 bits per heavy atom. The van der Waals surface area contributed by atoms with E-state index in [4.69, 9.17) is 5.73 Å². The van der Waals surface area contributed by atoms with Gasteiger partial charge in [0.2, 0.25) is 0 Å². The van der Waals surface area contributed by atoms with Crippen LogP contribution in [0.3, 0.4) is 0 Å². The molecule has 4 aliphatic rings. The van der Waals surface area contributed by atoms with Gasteiger partial charge in [0.25, 0.3) is 0 Å². The molecule has 1 unspecified atom stereocenters. The maximum Gasteiger partial charge on any atom is 0.101 e. The Labute approximate surface area is 84.5 Å². The number of nitrogens with zero attached hydrogens (tertiary/aromatic N) is 1. The zero-order chi connectivity index (χ0) is 9.81. The number of fused-ring (bicyclic) bond motifs is 3. The van der Waals surface area contributed by atoms with Crippen LogP contribution < -0.4 is 11.1 Å². The second-order valence-electron chi connectivity index (χ2n) is 5.23. The van der Waals surface area contributed by atoms with Crippen LogP contribution in [0.15, 0.2) is 0 Å². The molecule has 4 heterocycles. The second-order valence-corrected chi connectivity index (χ2v) is 5.23. The van der Waals surface area contributed by atoms with Crippen molar-refractivity contribution in [3.8, 4) is 0 Å². The van der Waals surface area contributed by atoms with E-state index in [0.29, 0.717) is 5.92 Å². The van der Waals surface area contributed by atoms with Crippen LogP contribution in [-0.2, 0) is 0 Å². The molecule has 80 valence electrons. The van der Waals surface area contributed by atoms with Crippen molar-refractivity contribution < 1.29 is 5.11 Å². The first-order chi connectivity index (χ1) is 6.64. The highest BCUT2D eigenvalue weighted by atomic mass is 16.3. The first-order valence-corrected chi connectivity index (χ1v) is 5.58. The number of nitrogens with two attached hydrogens (primary N) is 1. The highest BCUT2D eigenvalue weighted by Crippen LogP contribution is 2.42. The zero-order valence-electron chi connectivity index (χ0n) is 8.50. The van der Waals surface area contributed by atoms with Crippen molar-refractivity contribution in [3.05, 3.63) is 0 Å². The minimum atomic E-state index is -0.630. The van der Waals surface area contributed by atoms with Gasteiger partial charge in [-0.1, -0.05) is 0 Å². The topological polar surface area (TPSA) is 61.5 Å². The van der Waals surface area contributed by atoms with Gasteiger partial charge in [-0.15, -0.1) is 0 Å². The molecule has 0 saturated carbocycles. The van der Waals surface area contributed by atoms with Crippen molar-refractivity contribution in [2.75, 3.05) is 32.7 Å². The van der Waals surface area contributed by atoms with Gasteiger partial charge in [-0.2, -0.15) is 0 Å². The van der Waals surface area contributed by atoms with Gasteiger partial charge in [0.15, 0.2) is 0 Å². The molecule has 0 amide bonds. The van der Waals surface area contributed by atoms with Crippen LogP contribution in [0.1, 0.15) is 12.8 Å². The van der Waals surface area contributed by atoms with E-state index in [-0.39, 0.29) is 5.54 Å². The van der Waals surface area contributed by atoms with Gasteiger partial charge in [0, 0.05) is 19.6 Å². The van der Waals surface area contributed by atoms with E-state index in [1.165, 1.54) is 0 Å². The van der Waals surface area contributed by atoms with Crippen LogP contribution >= 0.6 is 0 Å². The second kappa shape index (κ2) is 2.70. The maximum absolute atomic E-state index is 10.7. The van der Waals surface area contributed by atoms with E-state index in [1.54, 1.807) is 0 Å². The molecule has 4 nitrogen and oxygen atoms in total. The summed E-state index contributed by atoms with van der Waals surface area (Å²) < 4.78 is 0. The Balaban J connectivity index is 1.88. The van der Waals surface area contributed by atoms with E-state index >= 15 is 0 Å². The van der Waals surface area contributed by atoms with Crippen molar-refractivity contribution in [3.63, 3.8) is 0 Å². The molecule has 0 aromatic heterocycles. The van der Waals surface area contributed by atoms with Crippen LogP contribution in [0.2, 0.25) is 0 Å². The Morgan fingerprint density at radius 3 is 2.29 bits per heavy atom. The third kappa shape index (κ3) is 0.972. The van der Waals surface area contributed by atoms with Gasteiger partial charge in [0.1, 0.15) is 5.60 Å². The predicted octanol–water partition coefficient (Wildman–Crippen LogP) is -1.26. The molecule has 1 atom stereocenters. The monoisotopic (exact) mass is 197 g/mol. The minimum absolute atomic E-state index is 0.364. The van der Waals surface area contributed by atoms with E-state index in [0.717, 1.165) is 45.6 Å². The minimum Gasteiger partial charge on any atom is -0.386 e. The van der Waals surface area contributed by atoms with Gasteiger partial charge in [-0.3, -0.25) is 0 Å². The summed E-state index contributed by atoms with van der Waals surface area (Å²) in [6.07, 6.45) is 2.24. The fraction of sp³-hybridized carbons (Fsp3) is 1.00. The van der Waals surface area contributed by atoms with Crippen molar-refractivity contribution in [2.24, 2.45) is 11.7 Å². The number of rotatable bonds is 1. The number of piperidine rings is 3. The average Bonchev–Trinajstić information content (AvgIpc) is 2.15. The summed E-state index contributed by atoms with van der Waals surface area (Å²) in [4.78, 5) is 2.35. The first-order valence-electron chi connectivity index (χ1n) is 5.58. The van der Waals surface area contributed by atoms with E-state index in [2.05, 4.69) is 10.2 Å². The zero-order valence-corrected chi connectivity index (χ0v) is 8.50. The molecule has 0 aromatic rings. The third-order valence-corrected chi connectivity index (χ3v) is 4.47. The lowest BCUT2D eigenvalue weighted by molar-refractivity contribution is -0.166. The van der Waals surface area contributed by atoms with Crippen molar-refractivity contribution in [2.45, 2.75) is 24.0 Å². The van der Waals surface area contributed by atoms with Crippen LogP contribution in [0.5, 0.6) is 0 Å². The standard InChI is InChI=1S/C10H19N3O/c11-9(5-12-6-9)10(14)7-13-3-1-8(10)2-4-13/h8,12,14H,1-7,11H2.